The predicted octanol–water partition coefficient (Wildman–Crippen LogP) is -1.24. The molecule has 6 nitrogen and oxygen atoms in total. The maximum Gasteiger partial charge on any atom is 0.305 e. The van der Waals surface area contributed by atoms with Crippen molar-refractivity contribution in [1.82, 2.24) is 9.80 Å². The highest BCUT2D eigenvalue weighted by Gasteiger charge is 2.36. The molecule has 1 atom stereocenters. The minimum atomic E-state index is -1.08. The Labute approximate surface area is 81.1 Å². The Morgan fingerprint density at radius 3 is 2.57 bits per heavy atom. The van der Waals surface area contributed by atoms with Crippen molar-refractivity contribution in [2.45, 2.75) is 12.5 Å². The van der Waals surface area contributed by atoms with Crippen molar-refractivity contribution in [3.05, 3.63) is 0 Å². The molecule has 78 valence electrons. The highest BCUT2D eigenvalue weighted by atomic mass is 16.4. The topological polar surface area (TPSA) is 77.9 Å². The van der Waals surface area contributed by atoms with Gasteiger partial charge in [0.25, 0.3) is 0 Å². The van der Waals surface area contributed by atoms with E-state index in [0.717, 1.165) is 0 Å². The first-order chi connectivity index (χ1) is 6.43. The Hall–Kier alpha value is -1.59. The van der Waals surface area contributed by atoms with Crippen molar-refractivity contribution in [2.24, 2.45) is 0 Å². The Balaban J connectivity index is 2.82. The van der Waals surface area contributed by atoms with E-state index in [-0.39, 0.29) is 24.8 Å². The lowest BCUT2D eigenvalue weighted by Crippen LogP contribution is -2.57. The number of aliphatic carboxylic acids is 1. The lowest BCUT2D eigenvalue weighted by molar-refractivity contribution is -0.156. The normalized spacial score (nSPS) is 22.9. The zero-order chi connectivity index (χ0) is 10.9. The summed E-state index contributed by atoms with van der Waals surface area (Å²) in [5.41, 5.74) is 0. The summed E-state index contributed by atoms with van der Waals surface area (Å²) in [5, 5.41) is 8.57. The van der Waals surface area contributed by atoms with E-state index < -0.39 is 12.0 Å². The van der Waals surface area contributed by atoms with E-state index in [1.807, 2.05) is 0 Å². The molecule has 0 aromatic rings. The van der Waals surface area contributed by atoms with Gasteiger partial charge in [-0.15, -0.1) is 0 Å². The molecule has 1 N–H and O–H groups in total. The third kappa shape index (κ3) is 1.84. The molecule has 6 heteroatoms. The summed E-state index contributed by atoms with van der Waals surface area (Å²) < 4.78 is 0. The second-order valence-corrected chi connectivity index (χ2v) is 3.31. The second kappa shape index (κ2) is 3.65. The Morgan fingerprint density at radius 1 is 1.50 bits per heavy atom. The lowest BCUT2D eigenvalue weighted by atomic mass is 10.1. The number of rotatable bonds is 2. The van der Waals surface area contributed by atoms with Crippen LogP contribution in [-0.4, -0.2) is 59.4 Å². The molecule has 1 heterocycles. The van der Waals surface area contributed by atoms with E-state index >= 15 is 0 Å². The van der Waals surface area contributed by atoms with Crippen molar-refractivity contribution >= 4 is 17.8 Å². The van der Waals surface area contributed by atoms with E-state index in [2.05, 4.69) is 0 Å². The molecule has 0 saturated carbocycles. The summed E-state index contributed by atoms with van der Waals surface area (Å²) in [6.45, 7) is 0.0193. The quantitative estimate of drug-likeness (QED) is 0.604. The van der Waals surface area contributed by atoms with Gasteiger partial charge in [0.05, 0.1) is 13.0 Å². The van der Waals surface area contributed by atoms with Gasteiger partial charge >= 0.3 is 5.97 Å². The van der Waals surface area contributed by atoms with Crippen molar-refractivity contribution in [3.8, 4) is 0 Å². The van der Waals surface area contributed by atoms with Gasteiger partial charge < -0.3 is 14.9 Å². The molecule has 0 spiro atoms. The van der Waals surface area contributed by atoms with E-state index in [0.29, 0.717) is 0 Å². The zero-order valence-corrected chi connectivity index (χ0v) is 8.06. The van der Waals surface area contributed by atoms with Crippen LogP contribution in [0.2, 0.25) is 0 Å². The minimum Gasteiger partial charge on any atom is -0.481 e. The monoisotopic (exact) mass is 200 g/mol. The average molecular weight is 200 g/mol. The average Bonchev–Trinajstić information content (AvgIpc) is 2.09. The molecule has 1 aliphatic heterocycles. The maximum absolute atomic E-state index is 11.5. The van der Waals surface area contributed by atoms with Crippen LogP contribution in [0, 0.1) is 0 Å². The molecular weight excluding hydrogens is 188 g/mol. The number of likely N-dealkylation sites (N-methyl/N-ethyl adjacent to an activating group) is 2. The first-order valence-electron chi connectivity index (χ1n) is 4.16. The fraction of sp³-hybridized carbons (Fsp3) is 0.625. The van der Waals surface area contributed by atoms with Crippen LogP contribution in [0.5, 0.6) is 0 Å². The highest BCUT2D eigenvalue weighted by molar-refractivity contribution is 5.96. The number of amides is 2. The van der Waals surface area contributed by atoms with Gasteiger partial charge in [0.2, 0.25) is 11.8 Å². The third-order valence-electron chi connectivity index (χ3n) is 2.26. The van der Waals surface area contributed by atoms with Crippen LogP contribution in [0.4, 0.5) is 0 Å². The van der Waals surface area contributed by atoms with Crippen molar-refractivity contribution in [3.63, 3.8) is 0 Å². The van der Waals surface area contributed by atoms with Crippen LogP contribution in [0.1, 0.15) is 6.42 Å². The molecule has 0 unspecified atom stereocenters. The SMILES string of the molecule is CN1CC(=O)N(C)[C@@H](CC(=O)O)C1=O. The third-order valence-corrected chi connectivity index (χ3v) is 2.26. The largest absolute Gasteiger partial charge is 0.481 e. The molecule has 2 amide bonds. The van der Waals surface area contributed by atoms with Gasteiger partial charge in [0.15, 0.2) is 0 Å². The molecule has 0 bridgehead atoms. The van der Waals surface area contributed by atoms with E-state index in [4.69, 9.17) is 5.11 Å². The number of carbonyl (C=O) groups excluding carboxylic acids is 2. The van der Waals surface area contributed by atoms with Crippen LogP contribution in [-0.2, 0) is 14.4 Å². The minimum absolute atomic E-state index is 0.0193. The first-order valence-corrected chi connectivity index (χ1v) is 4.16. The van der Waals surface area contributed by atoms with Crippen LogP contribution in [0.3, 0.4) is 0 Å². The van der Waals surface area contributed by atoms with E-state index in [9.17, 15) is 14.4 Å². The molecule has 1 saturated heterocycles. The van der Waals surface area contributed by atoms with Crippen LogP contribution < -0.4 is 0 Å². The summed E-state index contributed by atoms with van der Waals surface area (Å²) in [4.78, 5) is 35.7. The zero-order valence-electron chi connectivity index (χ0n) is 8.06. The maximum atomic E-state index is 11.5. The summed E-state index contributed by atoms with van der Waals surface area (Å²) in [6, 6.07) is -0.862. The molecular formula is C8H12N2O4. The fourth-order valence-electron chi connectivity index (χ4n) is 1.38. The second-order valence-electron chi connectivity index (χ2n) is 3.31. The van der Waals surface area contributed by atoms with Gasteiger partial charge in [0.1, 0.15) is 6.04 Å². The smallest absolute Gasteiger partial charge is 0.305 e. The molecule has 1 fully saturated rings. The standard InChI is InChI=1S/C8H12N2O4/c1-9-4-6(11)10(2)5(8(9)14)3-7(12)13/h5H,3-4H2,1-2H3,(H,12,13)/t5-/m0/s1. The van der Waals surface area contributed by atoms with Gasteiger partial charge in [-0.2, -0.15) is 0 Å². The lowest BCUT2D eigenvalue weighted by Gasteiger charge is -2.35. The Bertz CT molecular complexity index is 289. The van der Waals surface area contributed by atoms with Crippen LogP contribution >= 0.6 is 0 Å². The van der Waals surface area contributed by atoms with Gasteiger partial charge in [-0.3, -0.25) is 14.4 Å². The number of nitrogens with zero attached hydrogens (tertiary/aromatic N) is 2. The number of hydrogen-bond acceptors (Lipinski definition) is 3. The molecule has 14 heavy (non-hydrogen) atoms. The van der Waals surface area contributed by atoms with E-state index in [1.165, 1.54) is 23.9 Å². The molecule has 0 aliphatic carbocycles. The van der Waals surface area contributed by atoms with Gasteiger partial charge in [0, 0.05) is 14.1 Å². The number of hydrogen-bond donors (Lipinski definition) is 1. The van der Waals surface area contributed by atoms with Gasteiger partial charge in [-0.05, 0) is 0 Å². The number of carboxylic acids is 1. The van der Waals surface area contributed by atoms with Crippen LogP contribution in [0.25, 0.3) is 0 Å². The summed E-state index contributed by atoms with van der Waals surface area (Å²) in [5.74, 6) is -1.65. The molecule has 1 rings (SSSR count). The number of carbonyl (C=O) groups is 3. The summed E-state index contributed by atoms with van der Waals surface area (Å²) in [6.07, 6.45) is -0.342. The van der Waals surface area contributed by atoms with E-state index in [1.54, 1.807) is 0 Å². The molecule has 0 radical (unpaired) electrons. The molecule has 0 aromatic carbocycles. The Morgan fingerprint density at radius 2 is 2.07 bits per heavy atom. The highest BCUT2D eigenvalue weighted by Crippen LogP contribution is 2.12. The predicted molar refractivity (Wildman–Crippen MR) is 46.4 cm³/mol. The molecule has 1 aliphatic rings. The Kier molecular flexibility index (Phi) is 2.73. The summed E-state index contributed by atoms with van der Waals surface area (Å²) >= 11 is 0. The van der Waals surface area contributed by atoms with Gasteiger partial charge in [-0.25, -0.2) is 0 Å². The van der Waals surface area contributed by atoms with Crippen LogP contribution in [0.15, 0.2) is 0 Å². The van der Waals surface area contributed by atoms with Crippen molar-refractivity contribution in [2.75, 3.05) is 20.6 Å². The fourth-order valence-corrected chi connectivity index (χ4v) is 1.38. The van der Waals surface area contributed by atoms with Crippen molar-refractivity contribution in [1.29, 1.82) is 0 Å². The van der Waals surface area contributed by atoms with Gasteiger partial charge in [-0.1, -0.05) is 0 Å². The first kappa shape index (κ1) is 10.5. The summed E-state index contributed by atoms with van der Waals surface area (Å²) in [7, 11) is 2.93. The molecule has 0 aromatic heterocycles. The number of piperazine rings is 1. The number of carboxylic acid groups (broad SMARTS) is 1. The van der Waals surface area contributed by atoms with Crippen molar-refractivity contribution < 1.29 is 19.5 Å².